The topological polar surface area (TPSA) is 46.3 Å². The van der Waals surface area contributed by atoms with E-state index in [1.165, 1.54) is 24.1 Å². The minimum absolute atomic E-state index is 0.270. The van der Waals surface area contributed by atoms with Gasteiger partial charge < -0.3 is 10.6 Å². The number of benzene rings is 2. The fraction of sp³-hybridized carbons (Fsp3) is 0.0714. The highest BCUT2D eigenvalue weighted by Crippen LogP contribution is 2.19. The van der Waals surface area contributed by atoms with Crippen LogP contribution in [-0.2, 0) is 0 Å². The highest BCUT2D eigenvalue weighted by Gasteiger charge is 2.15. The van der Waals surface area contributed by atoms with E-state index in [0.717, 1.165) is 12.1 Å². The molecule has 0 aliphatic rings. The largest absolute Gasteiger partial charge is 0.399 e. The van der Waals surface area contributed by atoms with Crippen LogP contribution in [0.5, 0.6) is 0 Å². The summed E-state index contributed by atoms with van der Waals surface area (Å²) in [6.45, 7) is 0. The van der Waals surface area contributed by atoms with Crippen LogP contribution in [0.25, 0.3) is 0 Å². The van der Waals surface area contributed by atoms with Gasteiger partial charge in [-0.1, -0.05) is 6.07 Å². The molecule has 0 fully saturated rings. The number of carbonyl (C=O) groups is 1. The maximum absolute atomic E-state index is 13.1. The zero-order valence-corrected chi connectivity index (χ0v) is 10.2. The lowest BCUT2D eigenvalue weighted by atomic mass is 10.1. The lowest BCUT2D eigenvalue weighted by molar-refractivity contribution is 0.0993. The van der Waals surface area contributed by atoms with Gasteiger partial charge in [-0.25, -0.2) is 8.78 Å². The fourth-order valence-electron chi connectivity index (χ4n) is 1.68. The van der Waals surface area contributed by atoms with Crippen molar-refractivity contribution in [3.05, 3.63) is 59.7 Å². The molecule has 2 aromatic rings. The van der Waals surface area contributed by atoms with Crippen LogP contribution in [0.2, 0.25) is 0 Å². The Balaban J connectivity index is 2.30. The molecule has 0 unspecified atom stereocenters. The number of rotatable bonds is 2. The van der Waals surface area contributed by atoms with E-state index < -0.39 is 11.6 Å². The van der Waals surface area contributed by atoms with Crippen LogP contribution < -0.4 is 10.6 Å². The van der Waals surface area contributed by atoms with Crippen molar-refractivity contribution in [2.24, 2.45) is 0 Å². The average Bonchev–Trinajstić information content (AvgIpc) is 2.40. The molecule has 3 nitrogen and oxygen atoms in total. The second-order valence-electron chi connectivity index (χ2n) is 4.09. The van der Waals surface area contributed by atoms with Crippen LogP contribution in [-0.4, -0.2) is 13.0 Å². The summed E-state index contributed by atoms with van der Waals surface area (Å²) in [6, 6.07) is 9.74. The molecule has 5 heteroatoms. The van der Waals surface area contributed by atoms with Gasteiger partial charge in [0.1, 0.15) is 0 Å². The van der Waals surface area contributed by atoms with Crippen molar-refractivity contribution >= 4 is 17.3 Å². The highest BCUT2D eigenvalue weighted by atomic mass is 19.2. The van der Waals surface area contributed by atoms with E-state index in [1.807, 2.05) is 0 Å². The van der Waals surface area contributed by atoms with Gasteiger partial charge in [0.2, 0.25) is 0 Å². The fourth-order valence-corrected chi connectivity index (χ4v) is 1.68. The number of halogens is 2. The molecular formula is C14H12F2N2O. The molecule has 0 radical (unpaired) electrons. The van der Waals surface area contributed by atoms with E-state index in [1.54, 1.807) is 18.2 Å². The van der Waals surface area contributed by atoms with Gasteiger partial charge >= 0.3 is 0 Å². The summed E-state index contributed by atoms with van der Waals surface area (Å²) in [5, 5.41) is 0. The average molecular weight is 262 g/mol. The first kappa shape index (κ1) is 13.0. The van der Waals surface area contributed by atoms with E-state index in [2.05, 4.69) is 0 Å². The van der Waals surface area contributed by atoms with Crippen LogP contribution >= 0.6 is 0 Å². The summed E-state index contributed by atoms with van der Waals surface area (Å²) < 4.78 is 26.0. The summed E-state index contributed by atoms with van der Waals surface area (Å²) in [5.41, 5.74) is 6.71. The number of nitrogens with zero attached hydrogens (tertiary/aromatic N) is 1. The molecule has 0 aliphatic carbocycles. The molecule has 0 aliphatic heterocycles. The Hall–Kier alpha value is -2.43. The number of amides is 1. The van der Waals surface area contributed by atoms with Crippen molar-refractivity contribution in [3.8, 4) is 0 Å². The van der Waals surface area contributed by atoms with Crippen molar-refractivity contribution in [2.75, 3.05) is 17.7 Å². The Bertz CT molecular complexity index is 629. The molecule has 0 saturated heterocycles. The predicted octanol–water partition coefficient (Wildman–Crippen LogP) is 2.82. The molecule has 0 bridgehead atoms. The predicted molar refractivity (Wildman–Crippen MR) is 69.9 cm³/mol. The van der Waals surface area contributed by atoms with Crippen LogP contribution in [0, 0.1) is 11.6 Å². The Morgan fingerprint density at radius 2 is 1.84 bits per heavy atom. The van der Waals surface area contributed by atoms with Gasteiger partial charge in [-0.05, 0) is 30.3 Å². The first-order valence-corrected chi connectivity index (χ1v) is 5.57. The minimum Gasteiger partial charge on any atom is -0.399 e. The summed E-state index contributed by atoms with van der Waals surface area (Å²) in [5.74, 6) is -2.29. The molecule has 0 atom stereocenters. The molecule has 2 aromatic carbocycles. The van der Waals surface area contributed by atoms with E-state index >= 15 is 0 Å². The molecule has 1 amide bonds. The SMILES string of the molecule is CN(C(=O)c1cccc(N)c1)c1ccc(F)c(F)c1. The number of carbonyl (C=O) groups excluding carboxylic acids is 1. The van der Waals surface area contributed by atoms with Crippen molar-refractivity contribution in [3.63, 3.8) is 0 Å². The Labute approximate surface area is 109 Å². The maximum Gasteiger partial charge on any atom is 0.258 e. The second-order valence-corrected chi connectivity index (χ2v) is 4.09. The third kappa shape index (κ3) is 2.70. The zero-order valence-electron chi connectivity index (χ0n) is 10.2. The molecule has 0 heterocycles. The number of nitrogens with two attached hydrogens (primary N) is 1. The smallest absolute Gasteiger partial charge is 0.258 e. The molecule has 0 saturated carbocycles. The van der Waals surface area contributed by atoms with Gasteiger partial charge in [0.05, 0.1) is 0 Å². The van der Waals surface area contributed by atoms with E-state index in [4.69, 9.17) is 5.73 Å². The normalized spacial score (nSPS) is 10.3. The number of anilines is 2. The summed E-state index contributed by atoms with van der Waals surface area (Å²) in [7, 11) is 1.48. The van der Waals surface area contributed by atoms with Crippen molar-refractivity contribution < 1.29 is 13.6 Å². The highest BCUT2D eigenvalue weighted by molar-refractivity contribution is 6.06. The van der Waals surface area contributed by atoms with Gasteiger partial charge in [-0.3, -0.25) is 4.79 Å². The zero-order chi connectivity index (χ0) is 14.0. The molecule has 98 valence electrons. The molecule has 0 spiro atoms. The lowest BCUT2D eigenvalue weighted by Gasteiger charge is -2.17. The van der Waals surface area contributed by atoms with Crippen LogP contribution in [0.4, 0.5) is 20.2 Å². The van der Waals surface area contributed by atoms with Crippen molar-refractivity contribution in [1.29, 1.82) is 0 Å². The summed E-state index contributed by atoms with van der Waals surface area (Å²) >= 11 is 0. The first-order chi connectivity index (χ1) is 8.99. The summed E-state index contributed by atoms with van der Waals surface area (Å²) in [4.78, 5) is 13.4. The molecule has 2 N–H and O–H groups in total. The third-order valence-electron chi connectivity index (χ3n) is 2.73. The third-order valence-corrected chi connectivity index (χ3v) is 2.73. The van der Waals surface area contributed by atoms with Crippen LogP contribution in [0.3, 0.4) is 0 Å². The second kappa shape index (κ2) is 5.06. The first-order valence-electron chi connectivity index (χ1n) is 5.57. The summed E-state index contributed by atoms with van der Waals surface area (Å²) in [6.07, 6.45) is 0. The monoisotopic (exact) mass is 262 g/mol. The van der Waals surface area contributed by atoms with Crippen LogP contribution in [0.1, 0.15) is 10.4 Å². The Morgan fingerprint density at radius 1 is 1.11 bits per heavy atom. The van der Waals surface area contributed by atoms with Gasteiger partial charge in [0, 0.05) is 30.1 Å². The van der Waals surface area contributed by atoms with E-state index in [-0.39, 0.29) is 11.6 Å². The van der Waals surface area contributed by atoms with Crippen molar-refractivity contribution in [2.45, 2.75) is 0 Å². The molecular weight excluding hydrogens is 250 g/mol. The van der Waals surface area contributed by atoms with Gasteiger partial charge in [0.25, 0.3) is 5.91 Å². The molecule has 19 heavy (non-hydrogen) atoms. The molecule has 2 rings (SSSR count). The number of hydrogen-bond donors (Lipinski definition) is 1. The van der Waals surface area contributed by atoms with Gasteiger partial charge in [-0.2, -0.15) is 0 Å². The number of hydrogen-bond acceptors (Lipinski definition) is 2. The van der Waals surface area contributed by atoms with Gasteiger partial charge in [0.15, 0.2) is 11.6 Å². The Kier molecular flexibility index (Phi) is 3.46. The van der Waals surface area contributed by atoms with Crippen molar-refractivity contribution in [1.82, 2.24) is 0 Å². The van der Waals surface area contributed by atoms with Gasteiger partial charge in [-0.15, -0.1) is 0 Å². The lowest BCUT2D eigenvalue weighted by Crippen LogP contribution is -2.26. The van der Waals surface area contributed by atoms with E-state index in [9.17, 15) is 13.6 Å². The maximum atomic E-state index is 13.1. The van der Waals surface area contributed by atoms with E-state index in [0.29, 0.717) is 11.3 Å². The Morgan fingerprint density at radius 3 is 2.47 bits per heavy atom. The van der Waals surface area contributed by atoms with Crippen LogP contribution in [0.15, 0.2) is 42.5 Å². The standard InChI is InChI=1S/C14H12F2N2O/c1-18(11-5-6-12(15)13(16)8-11)14(19)9-3-2-4-10(17)7-9/h2-8H,17H2,1H3. The quantitative estimate of drug-likeness (QED) is 0.846. The minimum atomic E-state index is -0.996. The number of nitrogen functional groups attached to an aromatic ring is 1. The molecule has 0 aromatic heterocycles.